The Balaban J connectivity index is 2.04. The van der Waals surface area contributed by atoms with Crippen LogP contribution in [0.5, 0.6) is 11.5 Å². The van der Waals surface area contributed by atoms with Crippen molar-refractivity contribution in [2.24, 2.45) is 5.10 Å². The van der Waals surface area contributed by atoms with Crippen LogP contribution in [-0.2, 0) is 4.79 Å². The van der Waals surface area contributed by atoms with Gasteiger partial charge in [0.2, 0.25) is 0 Å². The van der Waals surface area contributed by atoms with Crippen LogP contribution in [0.4, 0.5) is 0 Å². The molecule has 0 heterocycles. The van der Waals surface area contributed by atoms with Crippen LogP contribution in [0, 0.1) is 0 Å². The number of hydrogen-bond acceptors (Lipinski definition) is 5. The van der Waals surface area contributed by atoms with Crippen LogP contribution in [0.1, 0.15) is 17.2 Å². The maximum Gasteiger partial charge on any atom is 0.273 e. The van der Waals surface area contributed by atoms with Crippen molar-refractivity contribution in [3.05, 3.63) is 58.6 Å². The third kappa shape index (κ3) is 4.21. The van der Waals surface area contributed by atoms with E-state index >= 15 is 0 Å². The molecule has 0 aliphatic rings. The van der Waals surface area contributed by atoms with E-state index in [9.17, 15) is 15.0 Å². The normalized spacial score (nSPS) is 12.1. The van der Waals surface area contributed by atoms with E-state index in [2.05, 4.69) is 10.5 Å². The van der Waals surface area contributed by atoms with E-state index in [1.54, 1.807) is 30.3 Å². The molecule has 23 heavy (non-hydrogen) atoms. The highest BCUT2D eigenvalue weighted by Crippen LogP contribution is 2.34. The van der Waals surface area contributed by atoms with E-state index in [0.717, 1.165) is 0 Å². The first kappa shape index (κ1) is 16.8. The van der Waals surface area contributed by atoms with Gasteiger partial charge in [-0.1, -0.05) is 41.9 Å². The van der Waals surface area contributed by atoms with Crippen LogP contribution in [-0.4, -0.2) is 29.4 Å². The molecule has 0 radical (unpaired) electrons. The van der Waals surface area contributed by atoms with Crippen LogP contribution < -0.4 is 10.2 Å². The summed E-state index contributed by atoms with van der Waals surface area (Å²) >= 11 is 5.85. The molecule has 0 spiro atoms. The van der Waals surface area contributed by atoms with Gasteiger partial charge in [0.1, 0.15) is 0 Å². The zero-order chi connectivity index (χ0) is 16.8. The zero-order valence-corrected chi connectivity index (χ0v) is 13.0. The van der Waals surface area contributed by atoms with E-state index in [-0.39, 0.29) is 16.5 Å². The molecule has 2 aromatic rings. The largest absolute Gasteiger partial charge is 0.503 e. The lowest BCUT2D eigenvalue weighted by atomic mass is 10.1. The van der Waals surface area contributed by atoms with E-state index in [1.807, 2.05) is 0 Å². The molecule has 3 N–H and O–H groups in total. The van der Waals surface area contributed by atoms with Gasteiger partial charge in [0.05, 0.1) is 18.3 Å². The first-order chi connectivity index (χ1) is 11.0. The summed E-state index contributed by atoms with van der Waals surface area (Å²) in [5, 5.41) is 23.4. The van der Waals surface area contributed by atoms with E-state index in [4.69, 9.17) is 16.3 Å². The van der Waals surface area contributed by atoms with Gasteiger partial charge >= 0.3 is 0 Å². The Morgan fingerprint density at radius 3 is 2.70 bits per heavy atom. The summed E-state index contributed by atoms with van der Waals surface area (Å²) in [6.45, 7) is 0. The fraction of sp³-hybridized carbons (Fsp3) is 0.125. The third-order valence-corrected chi connectivity index (χ3v) is 3.31. The Bertz CT molecular complexity index is 720. The van der Waals surface area contributed by atoms with Crippen molar-refractivity contribution in [3.63, 3.8) is 0 Å². The van der Waals surface area contributed by atoms with Crippen molar-refractivity contribution in [2.45, 2.75) is 6.10 Å². The average Bonchev–Trinajstić information content (AvgIpc) is 2.57. The fourth-order valence-corrected chi connectivity index (χ4v) is 2.06. The Morgan fingerprint density at radius 1 is 1.35 bits per heavy atom. The number of amides is 1. The number of aliphatic hydroxyl groups excluding tert-OH is 1. The number of phenolic OH excluding ortho intramolecular Hbond substituents is 1. The number of methoxy groups -OCH3 is 1. The Morgan fingerprint density at radius 2 is 2.04 bits per heavy atom. The number of hydrogen-bond donors (Lipinski definition) is 3. The van der Waals surface area contributed by atoms with E-state index in [0.29, 0.717) is 11.1 Å². The van der Waals surface area contributed by atoms with Gasteiger partial charge in [0.25, 0.3) is 5.91 Å². The number of halogens is 1. The molecule has 0 aliphatic carbocycles. The van der Waals surface area contributed by atoms with Crippen molar-refractivity contribution in [1.82, 2.24) is 5.43 Å². The van der Waals surface area contributed by atoms with Crippen molar-refractivity contribution in [3.8, 4) is 11.5 Å². The summed E-state index contributed by atoms with van der Waals surface area (Å²) in [5.74, 6) is -0.645. The number of nitrogens with zero attached hydrogens (tertiary/aromatic N) is 1. The SMILES string of the molecule is COc1cc(/C=N/NC(=O)C(O)c2ccccc2)cc(Cl)c1O. The molecule has 0 fully saturated rings. The Hall–Kier alpha value is -2.57. The molecule has 0 bridgehead atoms. The summed E-state index contributed by atoms with van der Waals surface area (Å²) in [6, 6.07) is 11.5. The second-order valence-corrected chi connectivity index (χ2v) is 5.01. The number of benzene rings is 2. The summed E-state index contributed by atoms with van der Waals surface area (Å²) in [5.41, 5.74) is 3.22. The van der Waals surface area contributed by atoms with Crippen molar-refractivity contribution in [2.75, 3.05) is 7.11 Å². The molecule has 0 aliphatic heterocycles. The molecular weight excluding hydrogens is 320 g/mol. The molecule has 0 aromatic heterocycles. The molecule has 120 valence electrons. The maximum atomic E-state index is 11.8. The van der Waals surface area contributed by atoms with Crippen molar-refractivity contribution >= 4 is 23.7 Å². The smallest absolute Gasteiger partial charge is 0.273 e. The van der Waals surface area contributed by atoms with Gasteiger partial charge in [0.15, 0.2) is 17.6 Å². The van der Waals surface area contributed by atoms with Gasteiger partial charge < -0.3 is 14.9 Å². The summed E-state index contributed by atoms with van der Waals surface area (Å²) in [7, 11) is 1.39. The van der Waals surface area contributed by atoms with Crippen LogP contribution in [0.3, 0.4) is 0 Å². The third-order valence-electron chi connectivity index (χ3n) is 3.02. The quantitative estimate of drug-likeness (QED) is 0.577. The van der Waals surface area contributed by atoms with Gasteiger partial charge in [-0.25, -0.2) is 5.43 Å². The molecule has 2 aromatic carbocycles. The first-order valence-corrected chi connectivity index (χ1v) is 7.03. The van der Waals surface area contributed by atoms with Crippen LogP contribution in [0.2, 0.25) is 5.02 Å². The highest BCUT2D eigenvalue weighted by molar-refractivity contribution is 6.32. The van der Waals surface area contributed by atoms with E-state index < -0.39 is 12.0 Å². The van der Waals surface area contributed by atoms with Gasteiger partial charge in [-0.15, -0.1) is 0 Å². The zero-order valence-electron chi connectivity index (χ0n) is 12.2. The molecular formula is C16H15ClN2O4. The predicted molar refractivity (Wildman–Crippen MR) is 86.8 cm³/mol. The maximum absolute atomic E-state index is 11.8. The molecule has 6 nitrogen and oxygen atoms in total. The number of phenols is 1. The van der Waals surface area contributed by atoms with Crippen molar-refractivity contribution in [1.29, 1.82) is 0 Å². The Labute approximate surface area is 138 Å². The molecule has 2 rings (SSSR count). The van der Waals surface area contributed by atoms with Gasteiger partial charge in [-0.05, 0) is 23.3 Å². The number of aromatic hydroxyl groups is 1. The highest BCUT2D eigenvalue weighted by atomic mass is 35.5. The monoisotopic (exact) mass is 334 g/mol. The topological polar surface area (TPSA) is 91.2 Å². The minimum Gasteiger partial charge on any atom is -0.503 e. The highest BCUT2D eigenvalue weighted by Gasteiger charge is 2.16. The number of carbonyl (C=O) groups excluding carboxylic acids is 1. The molecule has 0 saturated heterocycles. The lowest BCUT2D eigenvalue weighted by Crippen LogP contribution is -2.25. The number of aliphatic hydroxyl groups is 1. The second kappa shape index (κ2) is 7.62. The lowest BCUT2D eigenvalue weighted by Gasteiger charge is -2.09. The predicted octanol–water partition coefficient (Wildman–Crippen LogP) is 2.24. The number of ether oxygens (including phenoxy) is 1. The molecule has 1 unspecified atom stereocenters. The van der Waals surface area contributed by atoms with E-state index in [1.165, 1.54) is 25.5 Å². The molecule has 1 amide bonds. The van der Waals surface area contributed by atoms with Crippen LogP contribution in [0.15, 0.2) is 47.6 Å². The number of hydrazone groups is 1. The first-order valence-electron chi connectivity index (χ1n) is 6.65. The number of carbonyl (C=O) groups is 1. The standard InChI is InChI=1S/C16H15ClN2O4/c1-23-13-8-10(7-12(17)15(13)21)9-18-19-16(22)14(20)11-5-3-2-4-6-11/h2-9,14,20-21H,1H3,(H,19,22)/b18-9+. The van der Waals surface area contributed by atoms with Gasteiger partial charge in [-0.2, -0.15) is 5.10 Å². The van der Waals surface area contributed by atoms with Crippen LogP contribution >= 0.6 is 11.6 Å². The van der Waals surface area contributed by atoms with Gasteiger partial charge in [-0.3, -0.25) is 4.79 Å². The van der Waals surface area contributed by atoms with Gasteiger partial charge in [0, 0.05) is 0 Å². The molecule has 1 atom stereocenters. The average molecular weight is 335 g/mol. The second-order valence-electron chi connectivity index (χ2n) is 4.60. The summed E-state index contributed by atoms with van der Waals surface area (Å²) < 4.78 is 4.97. The Kier molecular flexibility index (Phi) is 5.56. The summed E-state index contributed by atoms with van der Waals surface area (Å²) in [6.07, 6.45) is 0.00925. The number of nitrogens with one attached hydrogen (secondary N) is 1. The minimum absolute atomic E-state index is 0.0986. The van der Waals surface area contributed by atoms with Crippen LogP contribution in [0.25, 0.3) is 0 Å². The number of rotatable bonds is 5. The minimum atomic E-state index is -1.31. The fourth-order valence-electron chi connectivity index (χ4n) is 1.84. The van der Waals surface area contributed by atoms with Crippen molar-refractivity contribution < 1.29 is 19.7 Å². The lowest BCUT2D eigenvalue weighted by molar-refractivity contribution is -0.129. The molecule has 7 heteroatoms. The summed E-state index contributed by atoms with van der Waals surface area (Å²) in [4.78, 5) is 11.8. The molecule has 0 saturated carbocycles.